The first-order valence-electron chi connectivity index (χ1n) is 6.27. The molecule has 0 bridgehead atoms. The van der Waals surface area contributed by atoms with Crippen molar-refractivity contribution in [1.82, 2.24) is 0 Å². The lowest BCUT2D eigenvalue weighted by Crippen LogP contribution is -2.19. The Morgan fingerprint density at radius 1 is 1.22 bits per heavy atom. The number of nitrogen functional groups attached to an aromatic ring is 1. The van der Waals surface area contributed by atoms with Crippen LogP contribution in [0.15, 0.2) is 23.1 Å². The van der Waals surface area contributed by atoms with Crippen molar-refractivity contribution in [2.24, 2.45) is 5.92 Å². The van der Waals surface area contributed by atoms with Gasteiger partial charge in [-0.25, -0.2) is 12.8 Å². The zero-order valence-corrected chi connectivity index (χ0v) is 11.0. The summed E-state index contributed by atoms with van der Waals surface area (Å²) in [4.78, 5) is 0.0415. The zero-order valence-electron chi connectivity index (χ0n) is 10.2. The van der Waals surface area contributed by atoms with Gasteiger partial charge in [0.1, 0.15) is 5.82 Å². The third-order valence-electron chi connectivity index (χ3n) is 3.51. The number of anilines is 1. The summed E-state index contributed by atoms with van der Waals surface area (Å²) in [6.45, 7) is 0. The molecule has 1 aliphatic carbocycles. The van der Waals surface area contributed by atoms with Crippen molar-refractivity contribution >= 4 is 15.5 Å². The van der Waals surface area contributed by atoms with E-state index in [1.807, 2.05) is 0 Å². The van der Waals surface area contributed by atoms with E-state index in [9.17, 15) is 12.8 Å². The van der Waals surface area contributed by atoms with Gasteiger partial charge in [0.25, 0.3) is 0 Å². The summed E-state index contributed by atoms with van der Waals surface area (Å²) in [6, 6.07) is 3.72. The SMILES string of the molecule is Nc1ccc(S(=O)(=O)CC2CCCCC2)cc1F. The summed E-state index contributed by atoms with van der Waals surface area (Å²) in [7, 11) is -3.39. The van der Waals surface area contributed by atoms with Crippen molar-refractivity contribution in [3.8, 4) is 0 Å². The van der Waals surface area contributed by atoms with Gasteiger partial charge in [-0.1, -0.05) is 19.3 Å². The fourth-order valence-corrected chi connectivity index (χ4v) is 4.17. The molecule has 1 aromatic rings. The Morgan fingerprint density at radius 3 is 2.50 bits per heavy atom. The van der Waals surface area contributed by atoms with Crippen LogP contribution in [0.2, 0.25) is 0 Å². The molecule has 2 rings (SSSR count). The Bertz CT molecular complexity index is 522. The van der Waals surface area contributed by atoms with Gasteiger partial charge in [-0.15, -0.1) is 0 Å². The third kappa shape index (κ3) is 3.02. The summed E-state index contributed by atoms with van der Waals surface area (Å²) < 4.78 is 37.6. The first kappa shape index (κ1) is 13.3. The monoisotopic (exact) mass is 271 g/mol. The number of nitrogens with two attached hydrogens (primary N) is 1. The Labute approximate surface area is 107 Å². The number of rotatable bonds is 3. The maximum atomic E-state index is 13.3. The number of halogens is 1. The van der Waals surface area contributed by atoms with Crippen LogP contribution in [0.5, 0.6) is 0 Å². The average Bonchev–Trinajstić information content (AvgIpc) is 2.33. The maximum Gasteiger partial charge on any atom is 0.178 e. The lowest BCUT2D eigenvalue weighted by Gasteiger charge is -2.21. The minimum Gasteiger partial charge on any atom is -0.396 e. The topological polar surface area (TPSA) is 60.2 Å². The van der Waals surface area contributed by atoms with Gasteiger partial charge in [-0.2, -0.15) is 0 Å². The molecular formula is C13H18FNO2S. The Balaban J connectivity index is 2.16. The van der Waals surface area contributed by atoms with Crippen LogP contribution in [0, 0.1) is 11.7 Å². The molecule has 0 unspecified atom stereocenters. The lowest BCUT2D eigenvalue weighted by molar-refractivity contribution is 0.385. The Kier molecular flexibility index (Phi) is 3.90. The fraction of sp³-hybridized carbons (Fsp3) is 0.538. The van der Waals surface area contributed by atoms with Crippen LogP contribution in [0.1, 0.15) is 32.1 Å². The van der Waals surface area contributed by atoms with E-state index in [1.165, 1.54) is 18.6 Å². The molecular weight excluding hydrogens is 253 g/mol. The molecule has 0 atom stereocenters. The van der Waals surface area contributed by atoms with Crippen LogP contribution in [-0.4, -0.2) is 14.2 Å². The number of hydrogen-bond donors (Lipinski definition) is 1. The van der Waals surface area contributed by atoms with Crippen molar-refractivity contribution in [1.29, 1.82) is 0 Å². The Hall–Kier alpha value is -1.10. The van der Waals surface area contributed by atoms with Gasteiger partial charge in [0.15, 0.2) is 9.84 Å². The summed E-state index contributed by atoms with van der Waals surface area (Å²) in [5.41, 5.74) is 5.32. The molecule has 0 amide bonds. The standard InChI is InChI=1S/C13H18FNO2S/c14-12-8-11(6-7-13(12)15)18(16,17)9-10-4-2-1-3-5-10/h6-8,10H,1-5,9,15H2. The maximum absolute atomic E-state index is 13.3. The predicted octanol–water partition coefficient (Wildman–Crippen LogP) is 2.76. The minimum absolute atomic E-state index is 0.0217. The molecule has 2 N–H and O–H groups in total. The average molecular weight is 271 g/mol. The Morgan fingerprint density at radius 2 is 1.89 bits per heavy atom. The molecule has 0 aliphatic heterocycles. The van der Waals surface area contributed by atoms with E-state index in [1.54, 1.807) is 0 Å². The van der Waals surface area contributed by atoms with E-state index in [2.05, 4.69) is 0 Å². The van der Waals surface area contributed by atoms with Crippen molar-refractivity contribution in [3.63, 3.8) is 0 Å². The molecule has 0 spiro atoms. The quantitative estimate of drug-likeness (QED) is 0.860. The lowest BCUT2D eigenvalue weighted by atomic mass is 9.91. The second kappa shape index (κ2) is 5.26. The van der Waals surface area contributed by atoms with E-state index in [-0.39, 0.29) is 22.3 Å². The molecule has 0 aromatic heterocycles. The third-order valence-corrected chi connectivity index (χ3v) is 5.39. The normalized spacial score (nSPS) is 17.8. The molecule has 1 fully saturated rings. The van der Waals surface area contributed by atoms with Crippen LogP contribution in [0.25, 0.3) is 0 Å². The van der Waals surface area contributed by atoms with Gasteiger partial charge in [0.2, 0.25) is 0 Å². The van der Waals surface area contributed by atoms with Crippen molar-refractivity contribution in [2.75, 3.05) is 11.5 Å². The van der Waals surface area contributed by atoms with Crippen LogP contribution in [-0.2, 0) is 9.84 Å². The summed E-state index contributed by atoms with van der Waals surface area (Å²) in [5, 5.41) is 0. The van der Waals surface area contributed by atoms with E-state index in [0.29, 0.717) is 0 Å². The second-order valence-electron chi connectivity index (χ2n) is 4.97. The highest BCUT2D eigenvalue weighted by Gasteiger charge is 2.23. The number of benzene rings is 1. The van der Waals surface area contributed by atoms with Crippen molar-refractivity contribution < 1.29 is 12.8 Å². The smallest absolute Gasteiger partial charge is 0.178 e. The van der Waals surface area contributed by atoms with Gasteiger partial charge in [0, 0.05) is 0 Å². The van der Waals surface area contributed by atoms with Crippen molar-refractivity contribution in [2.45, 2.75) is 37.0 Å². The van der Waals surface area contributed by atoms with Crippen LogP contribution < -0.4 is 5.73 Å². The summed E-state index contributed by atoms with van der Waals surface area (Å²) in [5.74, 6) is -0.333. The highest BCUT2D eigenvalue weighted by atomic mass is 32.2. The second-order valence-corrected chi connectivity index (χ2v) is 7.00. The summed E-state index contributed by atoms with van der Waals surface area (Å²) in [6.07, 6.45) is 5.28. The first-order valence-corrected chi connectivity index (χ1v) is 7.92. The fourth-order valence-electron chi connectivity index (χ4n) is 2.46. The first-order chi connectivity index (χ1) is 8.49. The van der Waals surface area contributed by atoms with Gasteiger partial charge in [-0.3, -0.25) is 0 Å². The van der Waals surface area contributed by atoms with E-state index < -0.39 is 15.7 Å². The number of hydrogen-bond acceptors (Lipinski definition) is 3. The molecule has 0 radical (unpaired) electrons. The molecule has 5 heteroatoms. The van der Waals surface area contributed by atoms with Crippen LogP contribution in [0.3, 0.4) is 0 Å². The molecule has 3 nitrogen and oxygen atoms in total. The highest BCUT2D eigenvalue weighted by Crippen LogP contribution is 2.27. The van der Waals surface area contributed by atoms with E-state index in [4.69, 9.17) is 5.73 Å². The molecule has 0 saturated heterocycles. The van der Waals surface area contributed by atoms with Crippen LogP contribution >= 0.6 is 0 Å². The summed E-state index contributed by atoms with van der Waals surface area (Å²) >= 11 is 0. The van der Waals surface area contributed by atoms with Gasteiger partial charge >= 0.3 is 0 Å². The molecule has 1 saturated carbocycles. The van der Waals surface area contributed by atoms with E-state index in [0.717, 1.165) is 31.7 Å². The van der Waals surface area contributed by atoms with Crippen LogP contribution in [0.4, 0.5) is 10.1 Å². The van der Waals surface area contributed by atoms with Gasteiger partial charge in [0.05, 0.1) is 16.3 Å². The number of sulfone groups is 1. The highest BCUT2D eigenvalue weighted by molar-refractivity contribution is 7.91. The molecule has 100 valence electrons. The molecule has 18 heavy (non-hydrogen) atoms. The predicted molar refractivity (Wildman–Crippen MR) is 69.4 cm³/mol. The molecule has 0 heterocycles. The largest absolute Gasteiger partial charge is 0.396 e. The van der Waals surface area contributed by atoms with Gasteiger partial charge < -0.3 is 5.73 Å². The zero-order chi connectivity index (χ0) is 13.2. The molecule has 1 aromatic carbocycles. The van der Waals surface area contributed by atoms with Crippen molar-refractivity contribution in [3.05, 3.63) is 24.0 Å². The minimum atomic E-state index is -3.39. The van der Waals surface area contributed by atoms with Gasteiger partial charge in [-0.05, 0) is 37.0 Å². The molecule has 1 aliphatic rings. The van der Waals surface area contributed by atoms with E-state index >= 15 is 0 Å².